The standard InChI is InChI=1S/C68H108N3O10P/c1-4-6-8-10-12-14-16-18-20-22-24-26-28-30-38-46-66(73)77-56-63(81-67(74)47-39-31-29-27-25-23-21-19-17-15-13-11-9-7-5-2)57-79-82(75,76)78-54-53-71-65(72)55-70-52-40-45-64(59-41-34-32-35-42-59)68(60-43-36-33-37-44-60)61-48-50-62(51-49-61)80-58(3)69/h32-37,41-44,48-51,63,70H,3-31,38-40,45-47,52-57,69H2,1-2H3,(H,71,72)(H,75,76)/p-1/b68-64-/t63-/m1/s1. The first-order chi connectivity index (χ1) is 40.0. The van der Waals surface area contributed by atoms with Gasteiger partial charge >= 0.3 is 11.9 Å². The van der Waals surface area contributed by atoms with E-state index in [1.54, 1.807) is 0 Å². The minimum Gasteiger partial charge on any atom is -0.756 e. The quantitative estimate of drug-likeness (QED) is 0.0160. The average molecular weight is 1160 g/mol. The topological polar surface area (TPSA) is 188 Å². The molecule has 3 rings (SSSR count). The molecule has 0 aromatic heterocycles. The van der Waals surface area contributed by atoms with Crippen LogP contribution in [-0.2, 0) is 37.5 Å². The number of carbonyl (C=O) groups is 3. The minimum atomic E-state index is -4.89. The van der Waals surface area contributed by atoms with Crippen LogP contribution < -0.4 is 26.0 Å². The first-order valence-corrected chi connectivity index (χ1v) is 33.5. The fraction of sp³-hybridized carbons (Fsp3) is 0.632. The fourth-order valence-corrected chi connectivity index (χ4v) is 10.9. The molecule has 3 aromatic rings. The summed E-state index contributed by atoms with van der Waals surface area (Å²) in [6.45, 7) is 7.34. The number of hydrogen-bond donors (Lipinski definition) is 3. The highest BCUT2D eigenvalue weighted by Gasteiger charge is 2.22. The number of esters is 2. The highest BCUT2D eigenvalue weighted by Crippen LogP contribution is 2.38. The molecule has 4 N–H and O–H groups in total. The summed E-state index contributed by atoms with van der Waals surface area (Å²) in [7, 11) is -4.89. The van der Waals surface area contributed by atoms with Crippen molar-refractivity contribution in [3.63, 3.8) is 0 Å². The first kappa shape index (κ1) is 71.5. The van der Waals surface area contributed by atoms with Crippen LogP contribution in [0.2, 0.25) is 0 Å². The van der Waals surface area contributed by atoms with E-state index in [-0.39, 0.29) is 50.9 Å². The molecule has 3 aromatic carbocycles. The number of phosphoric acid groups is 1. The molecule has 0 fully saturated rings. The van der Waals surface area contributed by atoms with Crippen molar-refractivity contribution >= 4 is 36.8 Å². The van der Waals surface area contributed by atoms with Gasteiger partial charge in [-0.15, -0.1) is 0 Å². The van der Waals surface area contributed by atoms with Gasteiger partial charge in [0.2, 0.25) is 5.91 Å². The van der Waals surface area contributed by atoms with Crippen molar-refractivity contribution in [2.75, 3.05) is 39.5 Å². The van der Waals surface area contributed by atoms with Crippen LogP contribution in [0.1, 0.15) is 249 Å². The maximum atomic E-state index is 13.0. The third kappa shape index (κ3) is 36.7. The summed E-state index contributed by atoms with van der Waals surface area (Å²) < 4.78 is 39.7. The van der Waals surface area contributed by atoms with Crippen LogP contribution in [0.15, 0.2) is 97.4 Å². The monoisotopic (exact) mass is 1160 g/mol. The summed E-state index contributed by atoms with van der Waals surface area (Å²) in [5, 5.41) is 5.89. The van der Waals surface area contributed by atoms with Gasteiger partial charge in [0.1, 0.15) is 12.4 Å². The van der Waals surface area contributed by atoms with Crippen molar-refractivity contribution in [1.82, 2.24) is 10.6 Å². The van der Waals surface area contributed by atoms with E-state index in [2.05, 4.69) is 55.3 Å². The maximum absolute atomic E-state index is 13.0. The predicted octanol–water partition coefficient (Wildman–Crippen LogP) is 16.4. The Hall–Kier alpha value is -4.78. The van der Waals surface area contributed by atoms with Crippen molar-refractivity contribution < 1.29 is 47.1 Å². The number of carbonyl (C=O) groups excluding carboxylic acids is 3. The Labute approximate surface area is 495 Å². The Kier molecular flexibility index (Phi) is 41.5. The third-order valence-electron chi connectivity index (χ3n) is 14.7. The van der Waals surface area contributed by atoms with Crippen LogP contribution in [0.5, 0.6) is 5.75 Å². The predicted molar refractivity (Wildman–Crippen MR) is 334 cm³/mol. The Morgan fingerprint density at radius 2 is 0.963 bits per heavy atom. The summed E-state index contributed by atoms with van der Waals surface area (Å²) in [5.74, 6) is -0.557. The van der Waals surface area contributed by atoms with E-state index < -0.39 is 32.5 Å². The van der Waals surface area contributed by atoms with Gasteiger partial charge in [-0.1, -0.05) is 266 Å². The smallest absolute Gasteiger partial charge is 0.306 e. The number of amides is 1. The van der Waals surface area contributed by atoms with E-state index in [1.165, 1.54) is 141 Å². The summed E-state index contributed by atoms with van der Waals surface area (Å²) in [6.07, 6.45) is 37.2. The molecule has 14 heteroatoms. The Balaban J connectivity index is 1.41. The van der Waals surface area contributed by atoms with Gasteiger partial charge in [0.25, 0.3) is 7.82 Å². The van der Waals surface area contributed by atoms with Gasteiger partial charge in [-0.2, -0.15) is 0 Å². The van der Waals surface area contributed by atoms with E-state index in [0.29, 0.717) is 31.6 Å². The summed E-state index contributed by atoms with van der Waals surface area (Å²) in [6, 6.07) is 28.2. The lowest BCUT2D eigenvalue weighted by molar-refractivity contribution is -0.228. The van der Waals surface area contributed by atoms with E-state index in [4.69, 9.17) is 29.0 Å². The number of unbranched alkanes of at least 4 members (excludes halogenated alkanes) is 28. The second-order valence-corrected chi connectivity index (χ2v) is 23.5. The molecule has 2 atom stereocenters. The van der Waals surface area contributed by atoms with Crippen LogP contribution in [0.4, 0.5) is 0 Å². The molecule has 1 unspecified atom stereocenters. The van der Waals surface area contributed by atoms with Crippen molar-refractivity contribution in [1.29, 1.82) is 0 Å². The van der Waals surface area contributed by atoms with Crippen molar-refractivity contribution in [3.8, 4) is 5.75 Å². The number of phosphoric ester groups is 1. The van der Waals surface area contributed by atoms with Crippen LogP contribution in [-0.4, -0.2) is 63.4 Å². The normalized spacial score (nSPS) is 12.8. The van der Waals surface area contributed by atoms with E-state index in [0.717, 1.165) is 72.8 Å². The molecule has 0 aliphatic heterocycles. The number of benzene rings is 3. The average Bonchev–Trinajstić information content (AvgIpc) is 3.50. The van der Waals surface area contributed by atoms with Gasteiger partial charge in [0, 0.05) is 19.4 Å². The minimum absolute atomic E-state index is 0.0139. The van der Waals surface area contributed by atoms with E-state index in [9.17, 15) is 23.8 Å². The van der Waals surface area contributed by atoms with Gasteiger partial charge in [-0.05, 0) is 78.8 Å². The van der Waals surface area contributed by atoms with Gasteiger partial charge in [0.05, 0.1) is 19.8 Å². The molecule has 0 radical (unpaired) electrons. The lowest BCUT2D eigenvalue weighted by atomic mass is 9.87. The second kappa shape index (κ2) is 47.6. The molecule has 460 valence electrons. The molecule has 0 aliphatic rings. The van der Waals surface area contributed by atoms with Gasteiger partial charge in [-0.25, -0.2) is 0 Å². The zero-order chi connectivity index (χ0) is 59.0. The van der Waals surface area contributed by atoms with Crippen LogP contribution >= 0.6 is 7.82 Å². The molecule has 0 spiro atoms. The van der Waals surface area contributed by atoms with Gasteiger partial charge in [-0.3, -0.25) is 18.9 Å². The van der Waals surface area contributed by atoms with E-state index in [1.807, 2.05) is 60.7 Å². The third-order valence-corrected chi connectivity index (χ3v) is 15.7. The Morgan fingerprint density at radius 1 is 0.524 bits per heavy atom. The molecule has 0 saturated heterocycles. The van der Waals surface area contributed by atoms with Crippen molar-refractivity contribution in [2.24, 2.45) is 5.73 Å². The molecule has 0 aliphatic carbocycles. The molecule has 0 saturated carbocycles. The largest absolute Gasteiger partial charge is 0.756 e. The highest BCUT2D eigenvalue weighted by atomic mass is 31.2. The summed E-state index contributed by atoms with van der Waals surface area (Å²) in [4.78, 5) is 51.4. The maximum Gasteiger partial charge on any atom is 0.306 e. The van der Waals surface area contributed by atoms with Gasteiger partial charge in [0.15, 0.2) is 12.0 Å². The van der Waals surface area contributed by atoms with E-state index >= 15 is 0 Å². The zero-order valence-corrected chi connectivity index (χ0v) is 51.7. The van der Waals surface area contributed by atoms with Crippen LogP contribution in [0, 0.1) is 0 Å². The molecule has 0 bridgehead atoms. The molecule has 1 amide bonds. The Morgan fingerprint density at radius 3 is 1.44 bits per heavy atom. The summed E-state index contributed by atoms with van der Waals surface area (Å²) >= 11 is 0. The highest BCUT2D eigenvalue weighted by molar-refractivity contribution is 7.45. The number of ether oxygens (including phenoxy) is 3. The zero-order valence-electron chi connectivity index (χ0n) is 50.8. The van der Waals surface area contributed by atoms with Crippen molar-refractivity contribution in [3.05, 3.63) is 114 Å². The van der Waals surface area contributed by atoms with Crippen LogP contribution in [0.3, 0.4) is 0 Å². The molecule has 82 heavy (non-hydrogen) atoms. The second-order valence-electron chi connectivity index (χ2n) is 22.1. The fourth-order valence-electron chi connectivity index (χ4n) is 10.1. The van der Waals surface area contributed by atoms with Crippen molar-refractivity contribution in [2.45, 2.75) is 238 Å². The molecular weight excluding hydrogens is 1050 g/mol. The molecule has 0 heterocycles. The summed E-state index contributed by atoms with van der Waals surface area (Å²) in [5.41, 5.74) is 11.1. The van der Waals surface area contributed by atoms with Crippen LogP contribution in [0.25, 0.3) is 11.1 Å². The number of nitrogens with one attached hydrogen (secondary N) is 2. The SMILES string of the molecule is C=C(N)Oc1ccc(/C(=C(/CCCNCC(=O)NCCOP(=O)([O-])OC[C@@H](COC(=O)CCCCCCCCCCCCCCCCC)OC(=O)CCCCCCCCCCCCCCCCC)c2ccccc2)c2ccccc2)cc1. The lowest BCUT2D eigenvalue weighted by Crippen LogP contribution is -2.36. The van der Waals surface area contributed by atoms with Gasteiger partial charge < -0.3 is 44.5 Å². The molecular formula is C68H107N3O10P-. The Bertz CT molecular complexity index is 2190. The number of rotatable bonds is 53. The number of hydrogen-bond acceptors (Lipinski definition) is 12. The number of nitrogens with two attached hydrogens (primary N) is 1. The number of allylic oxidation sites excluding steroid dienone is 1. The first-order valence-electron chi connectivity index (χ1n) is 32.0. The molecule has 13 nitrogen and oxygen atoms in total. The lowest BCUT2D eigenvalue weighted by Gasteiger charge is -2.25.